The molecule has 0 unspecified atom stereocenters. The van der Waals surface area contributed by atoms with Crippen molar-refractivity contribution >= 4 is 21.9 Å². The molecule has 2 aromatic carbocycles. The van der Waals surface area contributed by atoms with Crippen LogP contribution >= 0.6 is 15.9 Å². The van der Waals surface area contributed by atoms with Gasteiger partial charge in [0.25, 0.3) is 0 Å². The SMILES string of the molecule is COC(=O)[C@@](C)(Br)[C@@H](OCc1ccccc1)c1ccccc1. The van der Waals surface area contributed by atoms with Crippen molar-refractivity contribution in [3.05, 3.63) is 71.8 Å². The van der Waals surface area contributed by atoms with E-state index in [-0.39, 0.29) is 5.97 Å². The molecule has 0 heterocycles. The van der Waals surface area contributed by atoms with Gasteiger partial charge in [-0.3, -0.25) is 4.79 Å². The lowest BCUT2D eigenvalue weighted by atomic mass is 9.97. The van der Waals surface area contributed by atoms with E-state index in [2.05, 4.69) is 15.9 Å². The summed E-state index contributed by atoms with van der Waals surface area (Å²) in [6.45, 7) is 2.18. The van der Waals surface area contributed by atoms with E-state index in [0.717, 1.165) is 11.1 Å². The summed E-state index contributed by atoms with van der Waals surface area (Å²) in [6, 6.07) is 19.5. The molecule has 0 amide bonds. The maximum Gasteiger partial charge on any atom is 0.325 e. The van der Waals surface area contributed by atoms with Crippen molar-refractivity contribution in [2.75, 3.05) is 7.11 Å². The summed E-state index contributed by atoms with van der Waals surface area (Å²) in [5.41, 5.74) is 1.97. The molecule has 0 spiro atoms. The third-order valence-electron chi connectivity index (χ3n) is 3.44. The zero-order valence-corrected chi connectivity index (χ0v) is 14.2. The van der Waals surface area contributed by atoms with Gasteiger partial charge in [0.05, 0.1) is 13.7 Å². The molecule has 116 valence electrons. The van der Waals surface area contributed by atoms with Crippen LogP contribution in [0.15, 0.2) is 60.7 Å². The van der Waals surface area contributed by atoms with E-state index < -0.39 is 10.4 Å². The van der Waals surface area contributed by atoms with Gasteiger partial charge in [0.2, 0.25) is 0 Å². The summed E-state index contributed by atoms with van der Waals surface area (Å²) in [7, 11) is 1.38. The van der Waals surface area contributed by atoms with Crippen LogP contribution in [-0.2, 0) is 20.9 Å². The van der Waals surface area contributed by atoms with Crippen LogP contribution in [0.25, 0.3) is 0 Å². The van der Waals surface area contributed by atoms with E-state index >= 15 is 0 Å². The first kappa shape index (κ1) is 16.7. The smallest absolute Gasteiger partial charge is 0.325 e. The fourth-order valence-electron chi connectivity index (χ4n) is 2.25. The van der Waals surface area contributed by atoms with Gasteiger partial charge in [0.1, 0.15) is 6.10 Å². The van der Waals surface area contributed by atoms with Crippen molar-refractivity contribution in [1.82, 2.24) is 0 Å². The van der Waals surface area contributed by atoms with Gasteiger partial charge in [0, 0.05) is 0 Å². The third-order valence-corrected chi connectivity index (χ3v) is 4.18. The minimum Gasteiger partial charge on any atom is -0.468 e. The van der Waals surface area contributed by atoms with Crippen LogP contribution in [-0.4, -0.2) is 17.4 Å². The van der Waals surface area contributed by atoms with Crippen molar-refractivity contribution in [3.63, 3.8) is 0 Å². The number of halogens is 1. The molecule has 0 aliphatic heterocycles. The molecular weight excluding hydrogens is 344 g/mol. The molecule has 0 N–H and O–H groups in total. The Bertz CT molecular complexity index is 596. The van der Waals surface area contributed by atoms with Crippen LogP contribution in [0.4, 0.5) is 0 Å². The molecule has 2 aromatic rings. The fraction of sp³-hybridized carbons (Fsp3) is 0.278. The third kappa shape index (κ3) is 3.96. The Morgan fingerprint density at radius 2 is 1.64 bits per heavy atom. The number of carbonyl (C=O) groups excluding carboxylic acids is 1. The van der Waals surface area contributed by atoms with Crippen molar-refractivity contribution in [2.24, 2.45) is 0 Å². The normalized spacial score (nSPS) is 14.9. The van der Waals surface area contributed by atoms with Gasteiger partial charge < -0.3 is 9.47 Å². The summed E-state index contributed by atoms with van der Waals surface area (Å²) in [4.78, 5) is 12.1. The molecule has 3 nitrogen and oxygen atoms in total. The predicted octanol–water partition coefficient (Wildman–Crippen LogP) is 4.27. The van der Waals surface area contributed by atoms with Gasteiger partial charge in [-0.2, -0.15) is 0 Å². The highest BCUT2D eigenvalue weighted by molar-refractivity contribution is 9.10. The summed E-state index contributed by atoms with van der Waals surface area (Å²) in [5, 5.41) is 0. The Hall–Kier alpha value is -1.65. The number of carbonyl (C=O) groups is 1. The van der Waals surface area contributed by atoms with Crippen LogP contribution < -0.4 is 0 Å². The number of hydrogen-bond acceptors (Lipinski definition) is 3. The standard InChI is InChI=1S/C18H19BrO3/c1-18(19,17(20)21-2)16(15-11-7-4-8-12-15)22-13-14-9-5-3-6-10-14/h3-12,16H,13H2,1-2H3/t16-,18-/m0/s1. The van der Waals surface area contributed by atoms with Crippen molar-refractivity contribution in [2.45, 2.75) is 24.0 Å². The molecule has 0 fully saturated rings. The first-order chi connectivity index (χ1) is 10.6. The van der Waals surface area contributed by atoms with Gasteiger partial charge in [-0.1, -0.05) is 76.6 Å². The number of esters is 1. The second kappa shape index (κ2) is 7.56. The Morgan fingerprint density at radius 1 is 1.09 bits per heavy atom. The van der Waals surface area contributed by atoms with Crippen molar-refractivity contribution in [3.8, 4) is 0 Å². The van der Waals surface area contributed by atoms with E-state index in [1.54, 1.807) is 6.92 Å². The number of hydrogen-bond donors (Lipinski definition) is 0. The van der Waals surface area contributed by atoms with E-state index in [0.29, 0.717) is 6.61 Å². The van der Waals surface area contributed by atoms with Crippen LogP contribution in [0, 0.1) is 0 Å². The average molecular weight is 363 g/mol. The van der Waals surface area contributed by atoms with Crippen molar-refractivity contribution < 1.29 is 14.3 Å². The van der Waals surface area contributed by atoms with Gasteiger partial charge in [-0.25, -0.2) is 0 Å². The first-order valence-corrected chi connectivity index (χ1v) is 7.83. The number of methoxy groups -OCH3 is 1. The Balaban J connectivity index is 2.24. The number of alkyl halides is 1. The maximum absolute atomic E-state index is 12.1. The van der Waals surface area contributed by atoms with Gasteiger partial charge in [0.15, 0.2) is 4.32 Å². The molecule has 0 radical (unpaired) electrons. The summed E-state index contributed by atoms with van der Waals surface area (Å²) in [5.74, 6) is -0.366. The van der Waals surface area contributed by atoms with E-state index in [4.69, 9.17) is 9.47 Å². The Kier molecular flexibility index (Phi) is 5.75. The average Bonchev–Trinajstić information content (AvgIpc) is 2.56. The molecule has 2 rings (SSSR count). The predicted molar refractivity (Wildman–Crippen MR) is 89.8 cm³/mol. The van der Waals surface area contributed by atoms with Crippen LogP contribution in [0.3, 0.4) is 0 Å². The van der Waals surface area contributed by atoms with Gasteiger partial charge in [-0.15, -0.1) is 0 Å². The van der Waals surface area contributed by atoms with Crippen LogP contribution in [0.1, 0.15) is 24.2 Å². The maximum atomic E-state index is 12.1. The van der Waals surface area contributed by atoms with E-state index in [1.165, 1.54) is 7.11 Å². The molecule has 0 saturated carbocycles. The Morgan fingerprint density at radius 3 is 2.18 bits per heavy atom. The van der Waals surface area contributed by atoms with E-state index in [9.17, 15) is 4.79 Å². The number of ether oxygens (including phenoxy) is 2. The highest BCUT2D eigenvalue weighted by atomic mass is 79.9. The Labute approximate surface area is 139 Å². The van der Waals surface area contributed by atoms with Gasteiger partial charge >= 0.3 is 5.97 Å². The number of benzene rings is 2. The minimum absolute atomic E-state index is 0.366. The molecule has 22 heavy (non-hydrogen) atoms. The molecular formula is C18H19BrO3. The highest BCUT2D eigenvalue weighted by Gasteiger charge is 2.42. The zero-order valence-electron chi connectivity index (χ0n) is 12.7. The summed E-state index contributed by atoms with van der Waals surface area (Å²) >= 11 is 3.48. The molecule has 4 heteroatoms. The summed E-state index contributed by atoms with van der Waals surface area (Å²) in [6.07, 6.45) is -0.457. The lowest BCUT2D eigenvalue weighted by Crippen LogP contribution is -2.38. The quantitative estimate of drug-likeness (QED) is 0.568. The highest BCUT2D eigenvalue weighted by Crippen LogP contribution is 2.38. The molecule has 2 atom stereocenters. The monoisotopic (exact) mass is 362 g/mol. The minimum atomic E-state index is -0.960. The molecule has 0 aliphatic rings. The largest absolute Gasteiger partial charge is 0.468 e. The zero-order chi connectivity index (χ0) is 16.0. The van der Waals surface area contributed by atoms with Crippen LogP contribution in [0.5, 0.6) is 0 Å². The molecule has 0 aliphatic carbocycles. The first-order valence-electron chi connectivity index (χ1n) is 7.03. The second-order valence-electron chi connectivity index (χ2n) is 5.15. The number of rotatable bonds is 6. The molecule has 0 aromatic heterocycles. The van der Waals surface area contributed by atoms with E-state index in [1.807, 2.05) is 60.7 Å². The molecule has 0 saturated heterocycles. The second-order valence-corrected chi connectivity index (χ2v) is 6.80. The fourth-order valence-corrected chi connectivity index (χ4v) is 2.81. The molecule has 0 bridgehead atoms. The summed E-state index contributed by atoms with van der Waals surface area (Å²) < 4.78 is 10.00. The van der Waals surface area contributed by atoms with Gasteiger partial charge in [-0.05, 0) is 18.1 Å². The lowest BCUT2D eigenvalue weighted by molar-refractivity contribution is -0.147. The van der Waals surface area contributed by atoms with Crippen LogP contribution in [0.2, 0.25) is 0 Å². The topological polar surface area (TPSA) is 35.5 Å². The van der Waals surface area contributed by atoms with Crippen molar-refractivity contribution in [1.29, 1.82) is 0 Å². The lowest BCUT2D eigenvalue weighted by Gasteiger charge is -2.30.